The lowest BCUT2D eigenvalue weighted by atomic mass is 9.91. The van der Waals surface area contributed by atoms with E-state index in [1.165, 1.54) is 45.9 Å². The SMILES string of the molecule is CCCC1C=Cc2c(-c3ccc4ccccc4c3)cccc21. The van der Waals surface area contributed by atoms with Gasteiger partial charge in [0.2, 0.25) is 0 Å². The maximum Gasteiger partial charge on any atom is 0.00273 e. The van der Waals surface area contributed by atoms with Crippen molar-refractivity contribution in [3.05, 3.63) is 77.9 Å². The van der Waals surface area contributed by atoms with Crippen molar-refractivity contribution in [1.29, 1.82) is 0 Å². The van der Waals surface area contributed by atoms with Crippen molar-refractivity contribution >= 4 is 16.8 Å². The summed E-state index contributed by atoms with van der Waals surface area (Å²) in [6.07, 6.45) is 7.16. The molecule has 1 aliphatic rings. The second kappa shape index (κ2) is 5.46. The van der Waals surface area contributed by atoms with Gasteiger partial charge in [-0.2, -0.15) is 0 Å². The monoisotopic (exact) mass is 284 g/mol. The lowest BCUT2D eigenvalue weighted by Crippen LogP contribution is -1.94. The van der Waals surface area contributed by atoms with Gasteiger partial charge in [-0.15, -0.1) is 0 Å². The minimum absolute atomic E-state index is 0.598. The summed E-state index contributed by atoms with van der Waals surface area (Å²) in [6.45, 7) is 2.26. The summed E-state index contributed by atoms with van der Waals surface area (Å²) in [5, 5.41) is 2.61. The number of fused-ring (bicyclic) bond motifs is 2. The van der Waals surface area contributed by atoms with Crippen molar-refractivity contribution < 1.29 is 0 Å². The first-order valence-corrected chi connectivity index (χ1v) is 8.17. The van der Waals surface area contributed by atoms with Gasteiger partial charge >= 0.3 is 0 Å². The third-order valence-corrected chi connectivity index (χ3v) is 4.69. The third kappa shape index (κ3) is 2.16. The van der Waals surface area contributed by atoms with E-state index in [4.69, 9.17) is 0 Å². The minimum atomic E-state index is 0.598. The molecule has 0 nitrogen and oxygen atoms in total. The Morgan fingerprint density at radius 2 is 1.73 bits per heavy atom. The molecule has 1 unspecified atom stereocenters. The standard InChI is InChI=1S/C22H20/c1-2-6-17-13-14-22-20(17)9-5-10-21(22)19-12-11-16-7-3-4-8-18(16)15-19/h3-5,7-15,17H,2,6H2,1H3. The summed E-state index contributed by atoms with van der Waals surface area (Å²) in [7, 11) is 0. The highest BCUT2D eigenvalue weighted by atomic mass is 14.2. The van der Waals surface area contributed by atoms with Crippen LogP contribution in [0.15, 0.2) is 66.7 Å². The molecule has 0 bridgehead atoms. The zero-order chi connectivity index (χ0) is 14.9. The molecule has 0 N–H and O–H groups in total. The predicted molar refractivity (Wildman–Crippen MR) is 96.1 cm³/mol. The van der Waals surface area contributed by atoms with E-state index in [0.29, 0.717) is 5.92 Å². The van der Waals surface area contributed by atoms with E-state index >= 15 is 0 Å². The maximum atomic E-state index is 2.37. The topological polar surface area (TPSA) is 0 Å². The van der Waals surface area contributed by atoms with Gasteiger partial charge in [-0.3, -0.25) is 0 Å². The molecular formula is C22H20. The first kappa shape index (κ1) is 13.3. The molecule has 3 aromatic carbocycles. The molecule has 0 fully saturated rings. The fraction of sp³-hybridized carbons (Fsp3) is 0.182. The third-order valence-electron chi connectivity index (χ3n) is 4.69. The van der Waals surface area contributed by atoms with E-state index in [1.54, 1.807) is 0 Å². The molecular weight excluding hydrogens is 264 g/mol. The summed E-state index contributed by atoms with van der Waals surface area (Å²) >= 11 is 0. The van der Waals surface area contributed by atoms with Crippen LogP contribution in [0.25, 0.3) is 28.0 Å². The minimum Gasteiger partial charge on any atom is -0.0764 e. The van der Waals surface area contributed by atoms with Gasteiger partial charge in [-0.1, -0.05) is 80.1 Å². The zero-order valence-corrected chi connectivity index (χ0v) is 12.9. The first-order valence-electron chi connectivity index (χ1n) is 8.17. The summed E-state index contributed by atoms with van der Waals surface area (Å²) < 4.78 is 0. The van der Waals surface area contributed by atoms with E-state index < -0.39 is 0 Å². The highest BCUT2D eigenvalue weighted by Crippen LogP contribution is 2.39. The van der Waals surface area contributed by atoms with E-state index in [-0.39, 0.29) is 0 Å². The Kier molecular flexibility index (Phi) is 3.31. The molecule has 0 heterocycles. The molecule has 1 aliphatic carbocycles. The molecule has 0 saturated heterocycles. The van der Waals surface area contributed by atoms with Crippen molar-refractivity contribution in [2.45, 2.75) is 25.7 Å². The Balaban J connectivity index is 1.84. The number of benzene rings is 3. The van der Waals surface area contributed by atoms with Crippen LogP contribution in [0, 0.1) is 0 Å². The number of hydrogen-bond donors (Lipinski definition) is 0. The molecule has 0 aromatic heterocycles. The number of hydrogen-bond acceptors (Lipinski definition) is 0. The Bertz CT molecular complexity index is 855. The Hall–Kier alpha value is -2.34. The average Bonchev–Trinajstić information content (AvgIpc) is 2.98. The van der Waals surface area contributed by atoms with Crippen molar-refractivity contribution in [2.24, 2.45) is 0 Å². The summed E-state index contributed by atoms with van der Waals surface area (Å²) in [4.78, 5) is 0. The van der Waals surface area contributed by atoms with Gasteiger partial charge in [0.05, 0.1) is 0 Å². The molecule has 0 spiro atoms. The van der Waals surface area contributed by atoms with Gasteiger partial charge in [0.15, 0.2) is 0 Å². The van der Waals surface area contributed by atoms with E-state index in [2.05, 4.69) is 79.7 Å². The fourth-order valence-electron chi connectivity index (χ4n) is 3.58. The Labute approximate surface area is 132 Å². The van der Waals surface area contributed by atoms with Crippen LogP contribution in [0.1, 0.15) is 36.8 Å². The highest BCUT2D eigenvalue weighted by Gasteiger charge is 2.19. The van der Waals surface area contributed by atoms with Gasteiger partial charge < -0.3 is 0 Å². The number of allylic oxidation sites excluding steroid dienone is 1. The Morgan fingerprint density at radius 1 is 0.864 bits per heavy atom. The predicted octanol–water partition coefficient (Wildman–Crippen LogP) is 6.42. The van der Waals surface area contributed by atoms with Gasteiger partial charge in [-0.05, 0) is 45.5 Å². The second-order valence-electron chi connectivity index (χ2n) is 6.12. The molecule has 0 amide bonds. The van der Waals surface area contributed by atoms with Crippen LogP contribution in [0.2, 0.25) is 0 Å². The lowest BCUT2D eigenvalue weighted by molar-refractivity contribution is 0.726. The summed E-state index contributed by atoms with van der Waals surface area (Å²) in [5.74, 6) is 0.598. The zero-order valence-electron chi connectivity index (χ0n) is 12.9. The van der Waals surface area contributed by atoms with E-state index in [0.717, 1.165) is 0 Å². The lowest BCUT2D eigenvalue weighted by Gasteiger charge is -2.13. The summed E-state index contributed by atoms with van der Waals surface area (Å²) in [5.41, 5.74) is 5.58. The summed E-state index contributed by atoms with van der Waals surface area (Å²) in [6, 6.07) is 22.1. The fourth-order valence-corrected chi connectivity index (χ4v) is 3.58. The van der Waals surface area contributed by atoms with Crippen molar-refractivity contribution in [3.8, 4) is 11.1 Å². The van der Waals surface area contributed by atoms with Crippen LogP contribution in [-0.2, 0) is 0 Å². The highest BCUT2D eigenvalue weighted by molar-refractivity contribution is 5.89. The number of rotatable bonds is 3. The molecule has 4 rings (SSSR count). The van der Waals surface area contributed by atoms with Crippen molar-refractivity contribution in [1.82, 2.24) is 0 Å². The molecule has 0 saturated carbocycles. The van der Waals surface area contributed by atoms with E-state index in [1.807, 2.05) is 0 Å². The molecule has 1 atom stereocenters. The van der Waals surface area contributed by atoms with Gasteiger partial charge in [0.25, 0.3) is 0 Å². The van der Waals surface area contributed by atoms with Crippen LogP contribution >= 0.6 is 0 Å². The molecule has 0 aliphatic heterocycles. The van der Waals surface area contributed by atoms with E-state index in [9.17, 15) is 0 Å². The van der Waals surface area contributed by atoms with Crippen LogP contribution in [-0.4, -0.2) is 0 Å². The quantitative estimate of drug-likeness (QED) is 0.520. The Morgan fingerprint density at radius 3 is 2.59 bits per heavy atom. The maximum absolute atomic E-state index is 2.37. The van der Waals surface area contributed by atoms with Crippen LogP contribution in [0.5, 0.6) is 0 Å². The van der Waals surface area contributed by atoms with Gasteiger partial charge in [-0.25, -0.2) is 0 Å². The van der Waals surface area contributed by atoms with Crippen molar-refractivity contribution in [2.75, 3.05) is 0 Å². The normalized spacial score (nSPS) is 16.1. The molecule has 3 aromatic rings. The van der Waals surface area contributed by atoms with Crippen LogP contribution in [0.4, 0.5) is 0 Å². The molecule has 0 radical (unpaired) electrons. The molecule has 22 heavy (non-hydrogen) atoms. The van der Waals surface area contributed by atoms with Gasteiger partial charge in [0.1, 0.15) is 0 Å². The smallest absolute Gasteiger partial charge is 0.00273 e. The largest absolute Gasteiger partial charge is 0.0764 e. The molecule has 108 valence electrons. The average molecular weight is 284 g/mol. The van der Waals surface area contributed by atoms with Crippen LogP contribution < -0.4 is 0 Å². The van der Waals surface area contributed by atoms with Crippen LogP contribution in [0.3, 0.4) is 0 Å². The van der Waals surface area contributed by atoms with Crippen molar-refractivity contribution in [3.63, 3.8) is 0 Å². The first-order chi connectivity index (χ1) is 10.9. The van der Waals surface area contributed by atoms with Gasteiger partial charge in [0, 0.05) is 5.92 Å². The second-order valence-corrected chi connectivity index (χ2v) is 6.12. The molecule has 0 heteroatoms.